The molecule has 1 heterocycles. The molecule has 2 rings (SSSR count). The minimum absolute atomic E-state index is 0.0178. The number of sulfone groups is 1. The molecule has 1 aromatic heterocycles. The zero-order valence-electron chi connectivity index (χ0n) is 8.71. The summed E-state index contributed by atoms with van der Waals surface area (Å²) in [5, 5.41) is -0.291. The van der Waals surface area contributed by atoms with Gasteiger partial charge in [0.2, 0.25) is 0 Å². The average Bonchev–Trinajstić information content (AvgIpc) is 3.12. The van der Waals surface area contributed by atoms with Crippen LogP contribution in [-0.2, 0) is 14.6 Å². The molecule has 0 atom stereocenters. The monoisotopic (exact) mass is 241 g/mol. The predicted molar refractivity (Wildman–Crippen MR) is 55.8 cm³/mol. The lowest BCUT2D eigenvalue weighted by molar-refractivity contribution is 0.0593. The van der Waals surface area contributed by atoms with Crippen molar-refractivity contribution in [1.29, 1.82) is 0 Å². The Balaban J connectivity index is 2.39. The summed E-state index contributed by atoms with van der Waals surface area (Å²) in [6.07, 6.45) is 2.69. The minimum atomic E-state index is -3.28. The lowest BCUT2D eigenvalue weighted by Crippen LogP contribution is -2.10. The van der Waals surface area contributed by atoms with E-state index >= 15 is 0 Å². The van der Waals surface area contributed by atoms with Crippen LogP contribution in [-0.4, -0.2) is 31.7 Å². The largest absolute Gasteiger partial charge is 0.464 e. The summed E-state index contributed by atoms with van der Waals surface area (Å²) in [6, 6.07) is 2.67. The van der Waals surface area contributed by atoms with Gasteiger partial charge in [0.05, 0.1) is 17.3 Å². The van der Waals surface area contributed by atoms with Gasteiger partial charge in [0.25, 0.3) is 0 Å². The highest BCUT2D eigenvalue weighted by molar-refractivity contribution is 7.92. The van der Waals surface area contributed by atoms with Gasteiger partial charge in [-0.3, -0.25) is 0 Å². The SMILES string of the molecule is COC(=O)c1cc(S(=O)(=O)C2CC2)ccn1. The first kappa shape index (κ1) is 11.1. The van der Waals surface area contributed by atoms with E-state index in [0.29, 0.717) is 12.8 Å². The third-order valence-electron chi connectivity index (χ3n) is 2.42. The van der Waals surface area contributed by atoms with E-state index in [0.717, 1.165) is 0 Å². The molecule has 0 unspecified atom stereocenters. The Morgan fingerprint density at radius 3 is 2.75 bits per heavy atom. The highest BCUT2D eigenvalue weighted by atomic mass is 32.2. The summed E-state index contributed by atoms with van der Waals surface area (Å²) >= 11 is 0. The molecule has 0 saturated heterocycles. The van der Waals surface area contributed by atoms with Crippen molar-refractivity contribution in [2.45, 2.75) is 23.0 Å². The fourth-order valence-electron chi connectivity index (χ4n) is 1.38. The summed E-state index contributed by atoms with van der Waals surface area (Å²) in [4.78, 5) is 15.1. The minimum Gasteiger partial charge on any atom is -0.464 e. The highest BCUT2D eigenvalue weighted by Gasteiger charge is 2.37. The molecule has 0 spiro atoms. The van der Waals surface area contributed by atoms with Gasteiger partial charge < -0.3 is 4.74 Å². The molecule has 6 heteroatoms. The number of hydrogen-bond donors (Lipinski definition) is 0. The van der Waals surface area contributed by atoms with Gasteiger partial charge in [-0.05, 0) is 25.0 Å². The molecule has 0 N–H and O–H groups in total. The number of rotatable bonds is 3. The summed E-state index contributed by atoms with van der Waals surface area (Å²) in [5.41, 5.74) is 0.0178. The number of esters is 1. The van der Waals surface area contributed by atoms with E-state index in [9.17, 15) is 13.2 Å². The maximum Gasteiger partial charge on any atom is 0.356 e. The van der Waals surface area contributed by atoms with E-state index in [2.05, 4.69) is 9.72 Å². The molecule has 5 nitrogen and oxygen atoms in total. The van der Waals surface area contributed by atoms with Crippen LogP contribution in [0.4, 0.5) is 0 Å². The summed E-state index contributed by atoms with van der Waals surface area (Å²) in [7, 11) is -2.05. The van der Waals surface area contributed by atoms with Gasteiger partial charge in [-0.2, -0.15) is 0 Å². The Morgan fingerprint density at radius 1 is 1.50 bits per heavy atom. The van der Waals surface area contributed by atoms with Gasteiger partial charge >= 0.3 is 5.97 Å². The molecule has 0 bridgehead atoms. The first-order chi connectivity index (χ1) is 7.55. The normalized spacial score (nSPS) is 15.8. The standard InChI is InChI=1S/C10H11NO4S/c1-15-10(12)9-6-8(4-5-11-9)16(13,14)7-2-3-7/h4-7H,2-3H2,1H3. The molecule has 0 aliphatic heterocycles. The van der Waals surface area contributed by atoms with Crippen molar-refractivity contribution in [3.8, 4) is 0 Å². The molecule has 1 fully saturated rings. The number of nitrogens with zero attached hydrogens (tertiary/aromatic N) is 1. The second-order valence-corrected chi connectivity index (χ2v) is 5.84. The number of carbonyl (C=O) groups is 1. The fourth-order valence-corrected chi connectivity index (χ4v) is 3.04. The molecule has 1 saturated carbocycles. The van der Waals surface area contributed by atoms with E-state index in [4.69, 9.17) is 0 Å². The van der Waals surface area contributed by atoms with Crippen molar-refractivity contribution in [3.05, 3.63) is 24.0 Å². The topological polar surface area (TPSA) is 73.3 Å². The molecule has 1 aliphatic rings. The van der Waals surface area contributed by atoms with Crippen LogP contribution in [0.2, 0.25) is 0 Å². The molecular weight excluding hydrogens is 230 g/mol. The summed E-state index contributed by atoms with van der Waals surface area (Å²) < 4.78 is 28.2. The van der Waals surface area contributed by atoms with Gasteiger partial charge in [-0.25, -0.2) is 18.2 Å². The Hall–Kier alpha value is -1.43. The maximum absolute atomic E-state index is 11.9. The van der Waals surface area contributed by atoms with E-state index in [1.54, 1.807) is 0 Å². The Bertz CT molecular complexity index is 519. The summed E-state index contributed by atoms with van der Waals surface area (Å²) in [6.45, 7) is 0. The lowest BCUT2D eigenvalue weighted by Gasteiger charge is -2.03. The predicted octanol–water partition coefficient (Wildman–Crippen LogP) is 0.804. The van der Waals surface area contributed by atoms with Gasteiger partial charge in [0.15, 0.2) is 9.84 Å². The van der Waals surface area contributed by atoms with Crippen molar-refractivity contribution >= 4 is 15.8 Å². The van der Waals surface area contributed by atoms with E-state index < -0.39 is 15.8 Å². The fraction of sp³-hybridized carbons (Fsp3) is 0.400. The zero-order valence-corrected chi connectivity index (χ0v) is 9.53. The third-order valence-corrected chi connectivity index (χ3v) is 4.68. The van der Waals surface area contributed by atoms with Crippen molar-refractivity contribution in [2.75, 3.05) is 7.11 Å². The van der Waals surface area contributed by atoms with Crippen LogP contribution >= 0.6 is 0 Å². The van der Waals surface area contributed by atoms with Crippen molar-refractivity contribution in [2.24, 2.45) is 0 Å². The number of pyridine rings is 1. The Morgan fingerprint density at radius 2 is 2.19 bits per heavy atom. The Labute approximate surface area is 93.4 Å². The van der Waals surface area contributed by atoms with Crippen molar-refractivity contribution in [1.82, 2.24) is 4.98 Å². The van der Waals surface area contributed by atoms with Crippen molar-refractivity contribution in [3.63, 3.8) is 0 Å². The molecule has 0 aromatic carbocycles. The molecular formula is C10H11NO4S. The Kier molecular flexibility index (Phi) is 2.67. The second-order valence-electron chi connectivity index (χ2n) is 3.61. The van der Waals surface area contributed by atoms with Gasteiger partial charge in [-0.1, -0.05) is 0 Å². The molecule has 0 amide bonds. The molecule has 0 radical (unpaired) electrons. The third kappa shape index (κ3) is 1.92. The first-order valence-electron chi connectivity index (χ1n) is 4.84. The number of ether oxygens (including phenoxy) is 1. The van der Waals surface area contributed by atoms with Gasteiger partial charge in [-0.15, -0.1) is 0 Å². The number of hydrogen-bond acceptors (Lipinski definition) is 5. The van der Waals surface area contributed by atoms with Crippen LogP contribution in [0.25, 0.3) is 0 Å². The quantitative estimate of drug-likeness (QED) is 0.732. The number of carbonyl (C=O) groups excluding carboxylic acids is 1. The van der Waals surface area contributed by atoms with E-state index in [-0.39, 0.29) is 15.8 Å². The van der Waals surface area contributed by atoms with E-state index in [1.165, 1.54) is 25.4 Å². The molecule has 1 aliphatic carbocycles. The molecule has 1 aromatic rings. The average molecular weight is 241 g/mol. The summed E-state index contributed by atoms with van der Waals surface area (Å²) in [5.74, 6) is -0.632. The van der Waals surface area contributed by atoms with Gasteiger partial charge in [0.1, 0.15) is 5.69 Å². The van der Waals surface area contributed by atoms with Crippen molar-refractivity contribution < 1.29 is 17.9 Å². The van der Waals surface area contributed by atoms with Crippen LogP contribution in [0.5, 0.6) is 0 Å². The van der Waals surface area contributed by atoms with Gasteiger partial charge in [0, 0.05) is 6.20 Å². The maximum atomic E-state index is 11.9. The van der Waals surface area contributed by atoms with Crippen LogP contribution < -0.4 is 0 Å². The van der Waals surface area contributed by atoms with E-state index in [1.807, 2.05) is 0 Å². The van der Waals surface area contributed by atoms with Crippen LogP contribution in [0, 0.1) is 0 Å². The second kappa shape index (κ2) is 3.86. The molecule has 16 heavy (non-hydrogen) atoms. The number of methoxy groups -OCH3 is 1. The van der Waals surface area contributed by atoms with Crippen LogP contribution in [0.15, 0.2) is 23.2 Å². The first-order valence-corrected chi connectivity index (χ1v) is 6.38. The van der Waals surface area contributed by atoms with Crippen LogP contribution in [0.1, 0.15) is 23.3 Å². The highest BCUT2D eigenvalue weighted by Crippen LogP contribution is 2.33. The lowest BCUT2D eigenvalue weighted by atomic mass is 10.3. The van der Waals surface area contributed by atoms with Crippen LogP contribution in [0.3, 0.4) is 0 Å². The molecule has 86 valence electrons. The number of aromatic nitrogens is 1. The smallest absolute Gasteiger partial charge is 0.356 e. The zero-order chi connectivity index (χ0) is 11.8.